The monoisotopic (exact) mass is 321 g/mol. The third-order valence-electron chi connectivity index (χ3n) is 4.12. The van der Waals surface area contributed by atoms with Crippen LogP contribution in [-0.2, 0) is 16.1 Å². The molecule has 6 heteroatoms. The molecule has 2 rings (SSSR count). The molecule has 6 nitrogen and oxygen atoms in total. The number of hydrogen-bond acceptors (Lipinski definition) is 5. The van der Waals surface area contributed by atoms with Crippen LogP contribution in [0.1, 0.15) is 12.5 Å². The maximum Gasteiger partial charge on any atom is 0.255 e. The third kappa shape index (κ3) is 5.82. The lowest BCUT2D eigenvalue weighted by Gasteiger charge is -2.39. The quantitative estimate of drug-likeness (QED) is 0.763. The number of primary amides is 1. The van der Waals surface area contributed by atoms with Crippen LogP contribution in [0.25, 0.3) is 0 Å². The second-order valence-electron chi connectivity index (χ2n) is 6.02. The maximum absolute atomic E-state index is 10.8. The molecule has 1 saturated heterocycles. The molecule has 1 aromatic rings. The highest BCUT2D eigenvalue weighted by Crippen LogP contribution is 2.17. The molecule has 0 bridgehead atoms. The first-order valence-electron chi connectivity index (χ1n) is 8.04. The van der Waals surface area contributed by atoms with Crippen molar-refractivity contribution in [2.75, 3.05) is 46.5 Å². The summed E-state index contributed by atoms with van der Waals surface area (Å²) in [6, 6.07) is 8.37. The average Bonchev–Trinajstić information content (AvgIpc) is 2.52. The Labute approximate surface area is 138 Å². The molecule has 1 aliphatic rings. The number of carbonyl (C=O) groups is 1. The third-order valence-corrected chi connectivity index (χ3v) is 4.12. The van der Waals surface area contributed by atoms with Crippen LogP contribution in [0.15, 0.2) is 24.3 Å². The van der Waals surface area contributed by atoms with Gasteiger partial charge in [0, 0.05) is 45.9 Å². The van der Waals surface area contributed by atoms with Gasteiger partial charge in [-0.25, -0.2) is 0 Å². The van der Waals surface area contributed by atoms with Crippen molar-refractivity contribution in [3.63, 3.8) is 0 Å². The summed E-state index contributed by atoms with van der Waals surface area (Å²) in [5.74, 6) is 0.226. The van der Waals surface area contributed by atoms with Crippen LogP contribution in [0.5, 0.6) is 5.75 Å². The number of amides is 1. The van der Waals surface area contributed by atoms with Gasteiger partial charge in [0.05, 0.1) is 6.61 Å². The molecular formula is C17H27N3O3. The average molecular weight is 321 g/mol. The van der Waals surface area contributed by atoms with Crippen molar-refractivity contribution < 1.29 is 14.3 Å². The van der Waals surface area contributed by atoms with E-state index in [1.807, 2.05) is 18.2 Å². The molecule has 0 aromatic heterocycles. The molecular weight excluding hydrogens is 294 g/mol. The summed E-state index contributed by atoms with van der Waals surface area (Å²) in [5, 5.41) is 0. The van der Waals surface area contributed by atoms with Gasteiger partial charge >= 0.3 is 0 Å². The highest BCUT2D eigenvalue weighted by Gasteiger charge is 2.23. The fourth-order valence-corrected chi connectivity index (χ4v) is 2.90. The standard InChI is InChI=1S/C17H27N3O3/c1-14-11-19(6-7-20(14)8-9-22-2)12-15-4-3-5-16(10-15)23-13-17(18)21/h3-5,10,14H,6-9,11-13H2,1-2H3,(H2,18,21)/t14-/m0/s1. The number of hydrogen-bond donors (Lipinski definition) is 1. The van der Waals surface area contributed by atoms with E-state index in [-0.39, 0.29) is 6.61 Å². The summed E-state index contributed by atoms with van der Waals surface area (Å²) < 4.78 is 10.5. The Balaban J connectivity index is 1.85. The second-order valence-corrected chi connectivity index (χ2v) is 6.02. The zero-order chi connectivity index (χ0) is 16.7. The molecule has 1 aromatic carbocycles. The van der Waals surface area contributed by atoms with Crippen molar-refractivity contribution in [3.05, 3.63) is 29.8 Å². The van der Waals surface area contributed by atoms with Gasteiger partial charge in [0.25, 0.3) is 5.91 Å². The minimum absolute atomic E-state index is 0.0847. The first-order valence-corrected chi connectivity index (χ1v) is 8.04. The Bertz CT molecular complexity index is 510. The lowest BCUT2D eigenvalue weighted by molar-refractivity contribution is -0.119. The minimum atomic E-state index is -0.462. The molecule has 1 fully saturated rings. The van der Waals surface area contributed by atoms with E-state index in [1.165, 1.54) is 5.56 Å². The van der Waals surface area contributed by atoms with Crippen LogP contribution >= 0.6 is 0 Å². The van der Waals surface area contributed by atoms with E-state index in [2.05, 4.69) is 22.8 Å². The van der Waals surface area contributed by atoms with Crippen LogP contribution < -0.4 is 10.5 Å². The van der Waals surface area contributed by atoms with Gasteiger partial charge in [-0.05, 0) is 24.6 Å². The summed E-state index contributed by atoms with van der Waals surface area (Å²) in [6.45, 7) is 7.97. The fraction of sp³-hybridized carbons (Fsp3) is 0.588. The highest BCUT2D eigenvalue weighted by atomic mass is 16.5. The largest absolute Gasteiger partial charge is 0.484 e. The normalized spacial score (nSPS) is 19.7. The van der Waals surface area contributed by atoms with Crippen molar-refractivity contribution >= 4 is 5.91 Å². The molecule has 0 radical (unpaired) electrons. The van der Waals surface area contributed by atoms with Gasteiger partial charge in [-0.2, -0.15) is 0 Å². The lowest BCUT2D eigenvalue weighted by atomic mass is 10.1. The van der Waals surface area contributed by atoms with Gasteiger partial charge in [0.2, 0.25) is 0 Å². The summed E-state index contributed by atoms with van der Waals surface area (Å²) >= 11 is 0. The molecule has 0 aliphatic carbocycles. The molecule has 23 heavy (non-hydrogen) atoms. The Hall–Kier alpha value is -1.63. The molecule has 0 saturated carbocycles. The topological polar surface area (TPSA) is 68.0 Å². The van der Waals surface area contributed by atoms with E-state index in [0.29, 0.717) is 11.8 Å². The predicted molar refractivity (Wildman–Crippen MR) is 89.3 cm³/mol. The van der Waals surface area contributed by atoms with E-state index in [9.17, 15) is 4.79 Å². The first-order chi connectivity index (χ1) is 11.1. The summed E-state index contributed by atoms with van der Waals surface area (Å²) in [4.78, 5) is 15.7. The van der Waals surface area contributed by atoms with E-state index in [4.69, 9.17) is 15.2 Å². The molecule has 1 amide bonds. The number of rotatable bonds is 8. The van der Waals surface area contributed by atoms with E-state index >= 15 is 0 Å². The van der Waals surface area contributed by atoms with Crippen LogP contribution in [-0.4, -0.2) is 68.3 Å². The number of ether oxygens (including phenoxy) is 2. The van der Waals surface area contributed by atoms with E-state index in [1.54, 1.807) is 7.11 Å². The van der Waals surface area contributed by atoms with Crippen molar-refractivity contribution in [1.29, 1.82) is 0 Å². The van der Waals surface area contributed by atoms with Gasteiger partial charge in [-0.15, -0.1) is 0 Å². The summed E-state index contributed by atoms with van der Waals surface area (Å²) in [5.41, 5.74) is 6.29. The van der Waals surface area contributed by atoms with Gasteiger partial charge in [0.15, 0.2) is 6.61 Å². The van der Waals surface area contributed by atoms with Gasteiger partial charge < -0.3 is 15.2 Å². The van der Waals surface area contributed by atoms with E-state index < -0.39 is 5.91 Å². The molecule has 1 aliphatic heterocycles. The zero-order valence-corrected chi connectivity index (χ0v) is 14.0. The van der Waals surface area contributed by atoms with Gasteiger partial charge in [-0.1, -0.05) is 12.1 Å². The SMILES string of the molecule is COCCN1CCN(Cc2cccc(OCC(N)=O)c2)C[C@@H]1C. The van der Waals surface area contributed by atoms with Crippen LogP contribution in [0, 0.1) is 0 Å². The van der Waals surface area contributed by atoms with E-state index in [0.717, 1.165) is 39.3 Å². The van der Waals surface area contributed by atoms with Crippen molar-refractivity contribution in [1.82, 2.24) is 9.80 Å². The Morgan fingerprint density at radius 3 is 2.91 bits per heavy atom. The van der Waals surface area contributed by atoms with Crippen LogP contribution in [0.2, 0.25) is 0 Å². The number of carbonyl (C=O) groups excluding carboxylic acids is 1. The number of nitrogens with zero attached hydrogens (tertiary/aromatic N) is 2. The fourth-order valence-electron chi connectivity index (χ4n) is 2.90. The Kier molecular flexibility index (Phi) is 6.83. The molecule has 128 valence electrons. The zero-order valence-electron chi connectivity index (χ0n) is 14.0. The molecule has 1 heterocycles. The molecule has 1 atom stereocenters. The Morgan fingerprint density at radius 2 is 2.22 bits per heavy atom. The predicted octanol–water partition coefficient (Wildman–Crippen LogP) is 0.703. The minimum Gasteiger partial charge on any atom is -0.484 e. The maximum atomic E-state index is 10.8. The molecule has 0 spiro atoms. The smallest absolute Gasteiger partial charge is 0.255 e. The Morgan fingerprint density at radius 1 is 1.39 bits per heavy atom. The van der Waals surface area contributed by atoms with Crippen LogP contribution in [0.4, 0.5) is 0 Å². The second kappa shape index (κ2) is 8.86. The number of nitrogens with two attached hydrogens (primary N) is 1. The van der Waals surface area contributed by atoms with Gasteiger partial charge in [0.1, 0.15) is 5.75 Å². The summed E-state index contributed by atoms with van der Waals surface area (Å²) in [7, 11) is 1.74. The number of benzene rings is 1. The first kappa shape index (κ1) is 17.7. The van der Waals surface area contributed by atoms with Crippen molar-refractivity contribution in [3.8, 4) is 5.75 Å². The van der Waals surface area contributed by atoms with Crippen molar-refractivity contribution in [2.24, 2.45) is 5.73 Å². The molecule has 0 unspecified atom stereocenters. The number of piperazine rings is 1. The highest BCUT2D eigenvalue weighted by molar-refractivity contribution is 5.75. The van der Waals surface area contributed by atoms with Crippen LogP contribution in [0.3, 0.4) is 0 Å². The lowest BCUT2D eigenvalue weighted by Crippen LogP contribution is -2.52. The number of methoxy groups -OCH3 is 1. The molecule has 2 N–H and O–H groups in total. The summed E-state index contributed by atoms with van der Waals surface area (Å²) in [6.07, 6.45) is 0. The van der Waals surface area contributed by atoms with Crippen molar-refractivity contribution in [2.45, 2.75) is 19.5 Å². The van der Waals surface area contributed by atoms with Gasteiger partial charge in [-0.3, -0.25) is 14.6 Å².